The Labute approximate surface area is 152 Å². The summed E-state index contributed by atoms with van der Waals surface area (Å²) in [6.07, 6.45) is 1.82. The molecule has 136 valence electrons. The van der Waals surface area contributed by atoms with Gasteiger partial charge in [-0.25, -0.2) is 13.1 Å². The van der Waals surface area contributed by atoms with Crippen LogP contribution >= 0.6 is 11.3 Å². The van der Waals surface area contributed by atoms with E-state index in [9.17, 15) is 13.5 Å². The molecule has 1 aromatic carbocycles. The van der Waals surface area contributed by atoms with Gasteiger partial charge in [0.15, 0.2) is 0 Å². The first-order chi connectivity index (χ1) is 11.9. The molecule has 1 aromatic heterocycles. The van der Waals surface area contributed by atoms with Crippen molar-refractivity contribution in [3.05, 3.63) is 46.2 Å². The Bertz CT molecular complexity index is 829. The molecule has 0 bridgehead atoms. The van der Waals surface area contributed by atoms with Crippen LogP contribution in [0.25, 0.3) is 0 Å². The first kappa shape index (κ1) is 18.4. The second-order valence-corrected chi connectivity index (χ2v) is 9.07. The number of nitrogens with one attached hydrogen (secondary N) is 1. The van der Waals surface area contributed by atoms with Crippen molar-refractivity contribution in [1.82, 2.24) is 4.72 Å². The molecule has 0 saturated heterocycles. The lowest BCUT2D eigenvalue weighted by Crippen LogP contribution is -2.42. The van der Waals surface area contributed by atoms with E-state index < -0.39 is 15.6 Å². The molecule has 1 heterocycles. The molecule has 0 spiro atoms. The van der Waals surface area contributed by atoms with Crippen LogP contribution in [0.3, 0.4) is 0 Å². The Morgan fingerprint density at radius 3 is 2.72 bits per heavy atom. The molecule has 7 heteroatoms. The van der Waals surface area contributed by atoms with Crippen molar-refractivity contribution in [3.8, 4) is 5.75 Å². The van der Waals surface area contributed by atoms with Gasteiger partial charge < -0.3 is 9.84 Å². The highest BCUT2D eigenvalue weighted by atomic mass is 32.2. The zero-order chi connectivity index (χ0) is 18.1. The normalized spacial score (nSPS) is 17.2. The molecule has 5 nitrogen and oxygen atoms in total. The zero-order valence-electron chi connectivity index (χ0n) is 14.4. The van der Waals surface area contributed by atoms with Gasteiger partial charge in [0.25, 0.3) is 0 Å². The number of hydrogen-bond acceptors (Lipinski definition) is 5. The fourth-order valence-electron chi connectivity index (χ4n) is 2.90. The van der Waals surface area contributed by atoms with E-state index in [0.717, 1.165) is 23.3 Å². The van der Waals surface area contributed by atoms with Crippen molar-refractivity contribution in [1.29, 1.82) is 0 Å². The first-order valence-electron chi connectivity index (χ1n) is 8.36. The summed E-state index contributed by atoms with van der Waals surface area (Å²) in [7, 11) is -3.80. The van der Waals surface area contributed by atoms with Gasteiger partial charge in [0.05, 0.1) is 6.61 Å². The van der Waals surface area contributed by atoms with Gasteiger partial charge in [0.2, 0.25) is 10.0 Å². The van der Waals surface area contributed by atoms with Crippen LogP contribution in [0.2, 0.25) is 0 Å². The highest BCUT2D eigenvalue weighted by Crippen LogP contribution is 2.47. The molecule has 1 aliphatic carbocycles. The van der Waals surface area contributed by atoms with Crippen molar-refractivity contribution in [2.75, 3.05) is 13.2 Å². The zero-order valence-corrected chi connectivity index (χ0v) is 16.0. The van der Waals surface area contributed by atoms with E-state index in [1.807, 2.05) is 37.4 Å². The van der Waals surface area contributed by atoms with E-state index in [4.69, 9.17) is 4.74 Å². The predicted molar refractivity (Wildman–Crippen MR) is 98.5 cm³/mol. The summed E-state index contributed by atoms with van der Waals surface area (Å²) in [5, 5.41) is 13.0. The molecule has 0 radical (unpaired) electrons. The van der Waals surface area contributed by atoms with Crippen LogP contribution < -0.4 is 9.46 Å². The predicted octanol–water partition coefficient (Wildman–Crippen LogP) is 3.03. The molecular formula is C18H23NO4S2. The van der Waals surface area contributed by atoms with Crippen molar-refractivity contribution < 1.29 is 18.3 Å². The van der Waals surface area contributed by atoms with Crippen LogP contribution in [0.15, 0.2) is 40.6 Å². The molecule has 2 N–H and O–H groups in total. The van der Waals surface area contributed by atoms with Crippen molar-refractivity contribution in [2.45, 2.75) is 37.2 Å². The quantitative estimate of drug-likeness (QED) is 0.737. The van der Waals surface area contributed by atoms with E-state index in [1.54, 1.807) is 12.1 Å². The molecule has 1 atom stereocenters. The van der Waals surface area contributed by atoms with Crippen LogP contribution in [-0.2, 0) is 15.6 Å². The van der Waals surface area contributed by atoms with Gasteiger partial charge in [-0.05, 0) is 61.7 Å². The van der Waals surface area contributed by atoms with Gasteiger partial charge in [-0.2, -0.15) is 0 Å². The molecule has 2 aromatic rings. The second kappa shape index (κ2) is 7.07. The van der Waals surface area contributed by atoms with Crippen LogP contribution in [0, 0.1) is 12.8 Å². The van der Waals surface area contributed by atoms with E-state index in [-0.39, 0.29) is 17.4 Å². The minimum atomic E-state index is -3.80. The molecule has 1 unspecified atom stereocenters. The number of aliphatic hydroxyl groups is 1. The van der Waals surface area contributed by atoms with Gasteiger partial charge in [-0.3, -0.25) is 0 Å². The largest absolute Gasteiger partial charge is 0.492 e. The van der Waals surface area contributed by atoms with Crippen LogP contribution in [0.1, 0.15) is 30.2 Å². The summed E-state index contributed by atoms with van der Waals surface area (Å²) in [5.74, 6) is 0.421. The standard InChI is InChI=1S/C18H23NO4S2/c1-3-23-15-9-6-13(2)11-16(15)25(21,22)19-12-18(20,14-7-8-14)17-5-4-10-24-17/h4-6,9-11,14,19-20H,3,7-8,12H2,1-2H3. The molecule has 1 saturated carbocycles. The summed E-state index contributed by atoms with van der Waals surface area (Å²) in [6, 6.07) is 8.80. The maximum atomic E-state index is 12.8. The molecule has 3 rings (SSSR count). The number of aryl methyl sites for hydroxylation is 1. The maximum Gasteiger partial charge on any atom is 0.244 e. The molecule has 1 aliphatic rings. The van der Waals surface area contributed by atoms with E-state index >= 15 is 0 Å². The van der Waals surface area contributed by atoms with E-state index in [1.165, 1.54) is 11.3 Å². The van der Waals surface area contributed by atoms with Gasteiger partial charge in [0, 0.05) is 11.4 Å². The second-order valence-electron chi connectivity index (χ2n) is 6.38. The van der Waals surface area contributed by atoms with Crippen LogP contribution in [0.4, 0.5) is 0 Å². The summed E-state index contributed by atoms with van der Waals surface area (Å²) in [5.41, 5.74) is -0.323. The lowest BCUT2D eigenvalue weighted by molar-refractivity contribution is 0.0222. The maximum absolute atomic E-state index is 12.8. The third-order valence-electron chi connectivity index (χ3n) is 4.42. The summed E-state index contributed by atoms with van der Waals surface area (Å²) < 4.78 is 33.7. The van der Waals surface area contributed by atoms with Gasteiger partial charge in [-0.15, -0.1) is 11.3 Å². The first-order valence-corrected chi connectivity index (χ1v) is 10.7. The Morgan fingerprint density at radius 1 is 1.36 bits per heavy atom. The fourth-order valence-corrected chi connectivity index (χ4v) is 5.10. The Morgan fingerprint density at radius 2 is 2.12 bits per heavy atom. The minimum Gasteiger partial charge on any atom is -0.492 e. The monoisotopic (exact) mass is 381 g/mol. The van der Waals surface area contributed by atoms with Crippen molar-refractivity contribution in [3.63, 3.8) is 0 Å². The van der Waals surface area contributed by atoms with Gasteiger partial charge >= 0.3 is 0 Å². The smallest absolute Gasteiger partial charge is 0.244 e. The van der Waals surface area contributed by atoms with E-state index in [2.05, 4.69) is 4.72 Å². The fraction of sp³-hybridized carbons (Fsp3) is 0.444. The number of thiophene rings is 1. The summed E-state index contributed by atoms with van der Waals surface area (Å²) >= 11 is 1.45. The third-order valence-corrected chi connectivity index (χ3v) is 6.88. The highest BCUT2D eigenvalue weighted by Gasteiger charge is 2.46. The number of sulfonamides is 1. The Balaban J connectivity index is 1.86. The van der Waals surface area contributed by atoms with Crippen molar-refractivity contribution >= 4 is 21.4 Å². The lowest BCUT2D eigenvalue weighted by atomic mass is 9.96. The number of rotatable bonds is 8. The summed E-state index contributed by atoms with van der Waals surface area (Å²) in [4.78, 5) is 0.908. The number of benzene rings is 1. The third kappa shape index (κ3) is 3.89. The highest BCUT2D eigenvalue weighted by molar-refractivity contribution is 7.89. The average molecular weight is 382 g/mol. The Kier molecular flexibility index (Phi) is 5.20. The SMILES string of the molecule is CCOc1ccc(C)cc1S(=O)(=O)NCC(O)(c1cccs1)C1CC1. The Hall–Kier alpha value is -1.41. The molecule has 25 heavy (non-hydrogen) atoms. The minimum absolute atomic E-state index is 0.0416. The van der Waals surface area contributed by atoms with Gasteiger partial charge in [-0.1, -0.05) is 12.1 Å². The molecule has 1 fully saturated rings. The van der Waals surface area contributed by atoms with Gasteiger partial charge in [0.1, 0.15) is 16.2 Å². The number of ether oxygens (including phenoxy) is 1. The number of hydrogen-bond donors (Lipinski definition) is 2. The molecule has 0 aliphatic heterocycles. The van der Waals surface area contributed by atoms with Crippen LogP contribution in [0.5, 0.6) is 5.75 Å². The summed E-state index contributed by atoms with van der Waals surface area (Å²) in [6.45, 7) is 3.99. The van der Waals surface area contributed by atoms with Crippen LogP contribution in [-0.4, -0.2) is 26.7 Å². The van der Waals surface area contributed by atoms with E-state index in [0.29, 0.717) is 12.4 Å². The average Bonchev–Trinajstić information content (AvgIpc) is 3.29. The molecular weight excluding hydrogens is 358 g/mol. The molecule has 0 amide bonds. The van der Waals surface area contributed by atoms with Crippen molar-refractivity contribution in [2.24, 2.45) is 5.92 Å². The topological polar surface area (TPSA) is 75.6 Å². The lowest BCUT2D eigenvalue weighted by Gasteiger charge is -2.27.